The fraction of sp³-hybridized carbons (Fsp3) is 0.250. The van der Waals surface area contributed by atoms with Crippen LogP contribution in [-0.4, -0.2) is 39.5 Å². The number of esters is 1. The molecule has 0 saturated heterocycles. The molecule has 0 fully saturated rings. The van der Waals surface area contributed by atoms with E-state index in [4.69, 9.17) is 9.47 Å². The van der Waals surface area contributed by atoms with Crippen LogP contribution >= 0.6 is 11.8 Å². The number of ether oxygens (including phenoxy) is 2. The van der Waals surface area contributed by atoms with Crippen molar-refractivity contribution in [2.45, 2.75) is 31.7 Å². The Morgan fingerprint density at radius 2 is 1.97 bits per heavy atom. The molecular formula is C24H26N4O4S. The predicted octanol–water partition coefficient (Wildman–Crippen LogP) is 4.12. The average molecular weight is 467 g/mol. The van der Waals surface area contributed by atoms with Gasteiger partial charge in [0.1, 0.15) is 12.4 Å². The minimum absolute atomic E-state index is 0.122. The van der Waals surface area contributed by atoms with Crippen molar-refractivity contribution >= 4 is 29.3 Å². The van der Waals surface area contributed by atoms with Crippen molar-refractivity contribution < 1.29 is 19.1 Å². The highest BCUT2D eigenvalue weighted by Crippen LogP contribution is 2.20. The molecule has 172 valence electrons. The Morgan fingerprint density at radius 3 is 2.67 bits per heavy atom. The number of nitrogens with one attached hydrogen (secondary N) is 1. The van der Waals surface area contributed by atoms with Gasteiger partial charge in [0.05, 0.1) is 18.4 Å². The van der Waals surface area contributed by atoms with E-state index in [-0.39, 0.29) is 18.3 Å². The molecule has 1 N–H and O–H groups in total. The maximum atomic E-state index is 12.4. The van der Waals surface area contributed by atoms with Crippen molar-refractivity contribution in [3.63, 3.8) is 0 Å². The molecule has 2 aromatic carbocycles. The first-order valence-electron chi connectivity index (χ1n) is 10.4. The highest BCUT2D eigenvalue weighted by atomic mass is 32.2. The monoisotopic (exact) mass is 466 g/mol. The largest absolute Gasteiger partial charge is 0.486 e. The van der Waals surface area contributed by atoms with E-state index in [1.54, 1.807) is 30.3 Å². The van der Waals surface area contributed by atoms with Crippen LogP contribution < -0.4 is 10.1 Å². The van der Waals surface area contributed by atoms with Gasteiger partial charge in [-0.3, -0.25) is 9.36 Å². The lowest BCUT2D eigenvalue weighted by Crippen LogP contribution is -2.15. The molecule has 3 aromatic rings. The summed E-state index contributed by atoms with van der Waals surface area (Å²) in [5.74, 6) is 0.821. The Balaban J connectivity index is 1.60. The Labute approximate surface area is 197 Å². The number of anilines is 1. The van der Waals surface area contributed by atoms with E-state index in [0.717, 1.165) is 12.2 Å². The molecule has 1 heterocycles. The lowest BCUT2D eigenvalue weighted by Gasteiger charge is -2.10. The Kier molecular flexibility index (Phi) is 8.65. The summed E-state index contributed by atoms with van der Waals surface area (Å²) < 4.78 is 12.4. The molecule has 33 heavy (non-hydrogen) atoms. The van der Waals surface area contributed by atoms with Gasteiger partial charge in [-0.25, -0.2) is 4.79 Å². The highest BCUT2D eigenvalue weighted by molar-refractivity contribution is 7.99. The smallest absolute Gasteiger partial charge is 0.337 e. The third kappa shape index (κ3) is 6.69. The van der Waals surface area contributed by atoms with Crippen molar-refractivity contribution in [2.75, 3.05) is 18.2 Å². The summed E-state index contributed by atoms with van der Waals surface area (Å²) in [5.41, 5.74) is 2.12. The van der Waals surface area contributed by atoms with Crippen LogP contribution in [0.5, 0.6) is 5.75 Å². The van der Waals surface area contributed by atoms with Gasteiger partial charge < -0.3 is 14.8 Å². The fourth-order valence-electron chi connectivity index (χ4n) is 2.98. The van der Waals surface area contributed by atoms with Crippen LogP contribution in [0.4, 0.5) is 5.69 Å². The number of amides is 1. The summed E-state index contributed by atoms with van der Waals surface area (Å²) in [5, 5.41) is 11.8. The topological polar surface area (TPSA) is 95.3 Å². The van der Waals surface area contributed by atoms with E-state index in [2.05, 4.69) is 29.0 Å². The summed E-state index contributed by atoms with van der Waals surface area (Å²) in [6.07, 6.45) is 2.71. The zero-order valence-electron chi connectivity index (χ0n) is 18.6. The van der Waals surface area contributed by atoms with Crippen molar-refractivity contribution in [3.8, 4) is 5.75 Å². The molecule has 0 aliphatic heterocycles. The van der Waals surface area contributed by atoms with Crippen LogP contribution in [-0.2, 0) is 29.1 Å². The summed E-state index contributed by atoms with van der Waals surface area (Å²) >= 11 is 1.26. The Hall–Kier alpha value is -3.59. The molecule has 8 nitrogen and oxygen atoms in total. The standard InChI is InChI=1S/C24H26N4O4S/c1-4-13-28-21(15-32-20-11-9-17(5-2)10-12-20)26-27-24(28)33-16-22(29)25-19-8-6-7-18(14-19)23(30)31-3/h4,6-12,14H,1,5,13,15-16H2,2-3H3,(H,25,29). The number of nitrogens with zero attached hydrogens (tertiary/aromatic N) is 3. The number of allylic oxidation sites excluding steroid dienone is 1. The Bertz CT molecular complexity index is 1110. The maximum absolute atomic E-state index is 12.4. The third-order valence-corrected chi connectivity index (χ3v) is 5.67. The first kappa shape index (κ1) is 24.1. The molecule has 3 rings (SSSR count). The van der Waals surface area contributed by atoms with E-state index in [0.29, 0.717) is 28.8 Å². The van der Waals surface area contributed by atoms with Gasteiger partial charge in [0.25, 0.3) is 0 Å². The fourth-order valence-corrected chi connectivity index (χ4v) is 3.75. The predicted molar refractivity (Wildman–Crippen MR) is 128 cm³/mol. The number of aromatic nitrogens is 3. The molecule has 1 aromatic heterocycles. The summed E-state index contributed by atoms with van der Waals surface area (Å²) in [6.45, 7) is 6.64. The first-order chi connectivity index (χ1) is 16.0. The number of thioether (sulfide) groups is 1. The second-order valence-electron chi connectivity index (χ2n) is 6.99. The molecular weight excluding hydrogens is 440 g/mol. The van der Waals surface area contributed by atoms with E-state index in [1.165, 1.54) is 24.4 Å². The number of rotatable bonds is 11. The second-order valence-corrected chi connectivity index (χ2v) is 7.94. The van der Waals surface area contributed by atoms with Crippen LogP contribution in [0, 0.1) is 0 Å². The highest BCUT2D eigenvalue weighted by Gasteiger charge is 2.15. The van der Waals surface area contributed by atoms with Gasteiger partial charge in [0, 0.05) is 12.2 Å². The van der Waals surface area contributed by atoms with Crippen LogP contribution in [0.2, 0.25) is 0 Å². The minimum atomic E-state index is -0.464. The Morgan fingerprint density at radius 1 is 1.18 bits per heavy atom. The van der Waals surface area contributed by atoms with Crippen LogP contribution in [0.3, 0.4) is 0 Å². The maximum Gasteiger partial charge on any atom is 0.337 e. The number of hydrogen-bond acceptors (Lipinski definition) is 7. The molecule has 0 saturated carbocycles. The van der Waals surface area contributed by atoms with E-state index < -0.39 is 5.97 Å². The van der Waals surface area contributed by atoms with Gasteiger partial charge in [0.2, 0.25) is 5.91 Å². The SMILES string of the molecule is C=CCn1c(COc2ccc(CC)cc2)nnc1SCC(=O)Nc1cccc(C(=O)OC)c1. The average Bonchev–Trinajstić information content (AvgIpc) is 3.23. The normalized spacial score (nSPS) is 10.5. The molecule has 0 aliphatic rings. The first-order valence-corrected chi connectivity index (χ1v) is 11.4. The molecule has 0 radical (unpaired) electrons. The second kappa shape index (κ2) is 11.9. The number of hydrogen-bond donors (Lipinski definition) is 1. The van der Waals surface area contributed by atoms with Crippen molar-refractivity contribution in [1.82, 2.24) is 14.8 Å². The molecule has 0 aliphatic carbocycles. The quantitative estimate of drug-likeness (QED) is 0.258. The van der Waals surface area contributed by atoms with Gasteiger partial charge in [-0.15, -0.1) is 16.8 Å². The lowest BCUT2D eigenvalue weighted by atomic mass is 10.2. The minimum Gasteiger partial charge on any atom is -0.486 e. The molecule has 0 bridgehead atoms. The number of aryl methyl sites for hydroxylation is 1. The van der Waals surface area contributed by atoms with Crippen molar-refractivity contribution in [1.29, 1.82) is 0 Å². The van der Waals surface area contributed by atoms with Crippen LogP contribution in [0.25, 0.3) is 0 Å². The van der Waals surface area contributed by atoms with Gasteiger partial charge in [-0.05, 0) is 42.3 Å². The summed E-state index contributed by atoms with van der Waals surface area (Å²) in [6, 6.07) is 14.5. The summed E-state index contributed by atoms with van der Waals surface area (Å²) in [4.78, 5) is 24.1. The zero-order valence-corrected chi connectivity index (χ0v) is 19.4. The van der Waals surface area contributed by atoms with Crippen LogP contribution in [0.15, 0.2) is 66.3 Å². The van der Waals surface area contributed by atoms with Gasteiger partial charge in [0.15, 0.2) is 11.0 Å². The molecule has 1 amide bonds. The number of benzene rings is 2. The molecule has 9 heteroatoms. The van der Waals surface area contributed by atoms with Crippen LogP contribution in [0.1, 0.15) is 28.7 Å². The summed E-state index contributed by atoms with van der Waals surface area (Å²) in [7, 11) is 1.31. The molecule has 0 atom stereocenters. The van der Waals surface area contributed by atoms with Gasteiger partial charge >= 0.3 is 5.97 Å². The van der Waals surface area contributed by atoms with Crippen molar-refractivity contribution in [2.24, 2.45) is 0 Å². The zero-order chi connectivity index (χ0) is 23.6. The molecule has 0 unspecified atom stereocenters. The third-order valence-electron chi connectivity index (χ3n) is 4.70. The van der Waals surface area contributed by atoms with E-state index in [9.17, 15) is 9.59 Å². The molecule has 0 spiro atoms. The number of carbonyl (C=O) groups is 2. The van der Waals surface area contributed by atoms with E-state index in [1.807, 2.05) is 28.8 Å². The number of carbonyl (C=O) groups excluding carboxylic acids is 2. The van der Waals surface area contributed by atoms with E-state index >= 15 is 0 Å². The van der Waals surface area contributed by atoms with Gasteiger partial charge in [-0.2, -0.15) is 0 Å². The number of methoxy groups -OCH3 is 1. The lowest BCUT2D eigenvalue weighted by molar-refractivity contribution is -0.113. The van der Waals surface area contributed by atoms with Crippen molar-refractivity contribution in [3.05, 3.63) is 78.1 Å². The van der Waals surface area contributed by atoms with Gasteiger partial charge in [-0.1, -0.05) is 43.0 Å².